The first-order chi connectivity index (χ1) is 16.3. The molecule has 5 rings (SSSR count). The number of hydrogen-bond donors (Lipinski definition) is 1. The highest BCUT2D eigenvalue weighted by Crippen LogP contribution is 2.35. The van der Waals surface area contributed by atoms with Crippen LogP contribution in [0.15, 0.2) is 24.4 Å². The number of aryl methyl sites for hydroxylation is 1. The molecule has 0 amide bonds. The van der Waals surface area contributed by atoms with Gasteiger partial charge in [-0.2, -0.15) is 5.10 Å². The third-order valence-electron chi connectivity index (χ3n) is 7.14. The summed E-state index contributed by atoms with van der Waals surface area (Å²) in [6, 6.07) is 5.37. The summed E-state index contributed by atoms with van der Waals surface area (Å²) in [5.74, 6) is 1.17. The predicted molar refractivity (Wildman–Crippen MR) is 133 cm³/mol. The average molecular weight is 503 g/mol. The maximum Gasteiger partial charge on any atom is 0.317 e. The van der Waals surface area contributed by atoms with Crippen molar-refractivity contribution in [2.24, 2.45) is 11.8 Å². The third-order valence-corrected chi connectivity index (χ3v) is 7.70. The van der Waals surface area contributed by atoms with Crippen LogP contribution < -0.4 is 4.90 Å². The number of aromatic nitrogens is 4. The second-order valence-corrected chi connectivity index (χ2v) is 10.3. The van der Waals surface area contributed by atoms with Gasteiger partial charge in [0.25, 0.3) is 0 Å². The Morgan fingerprint density at radius 2 is 2.03 bits per heavy atom. The summed E-state index contributed by atoms with van der Waals surface area (Å²) >= 11 is 12.5. The van der Waals surface area contributed by atoms with Crippen LogP contribution in [0.5, 0.6) is 0 Å². The normalized spacial score (nSPS) is 20.5. The molecule has 0 saturated carbocycles. The molecule has 2 fully saturated rings. The highest BCUT2D eigenvalue weighted by Gasteiger charge is 2.37. The third kappa shape index (κ3) is 4.46. The van der Waals surface area contributed by atoms with E-state index < -0.39 is 5.97 Å². The number of likely N-dealkylation sites (tertiary alicyclic amines) is 1. The van der Waals surface area contributed by atoms with Crippen LogP contribution in [0.4, 0.5) is 5.82 Å². The van der Waals surface area contributed by atoms with Crippen LogP contribution in [-0.4, -0.2) is 68.4 Å². The van der Waals surface area contributed by atoms with Crippen molar-refractivity contribution in [3.8, 4) is 0 Å². The number of carboxylic acids is 1. The van der Waals surface area contributed by atoms with Gasteiger partial charge in [0, 0.05) is 29.7 Å². The van der Waals surface area contributed by atoms with Crippen molar-refractivity contribution in [1.29, 1.82) is 0 Å². The van der Waals surface area contributed by atoms with Crippen molar-refractivity contribution in [3.05, 3.63) is 45.7 Å². The van der Waals surface area contributed by atoms with Crippen LogP contribution in [0.2, 0.25) is 10.0 Å². The van der Waals surface area contributed by atoms with E-state index >= 15 is 0 Å². The molecule has 2 saturated heterocycles. The van der Waals surface area contributed by atoms with E-state index in [0.717, 1.165) is 67.3 Å². The number of nitrogens with zero attached hydrogens (tertiary/aromatic N) is 6. The van der Waals surface area contributed by atoms with Crippen molar-refractivity contribution in [1.82, 2.24) is 24.6 Å². The predicted octanol–water partition coefficient (Wildman–Crippen LogP) is 4.28. The summed E-state index contributed by atoms with van der Waals surface area (Å²) in [4.78, 5) is 25.0. The van der Waals surface area contributed by atoms with Crippen molar-refractivity contribution < 1.29 is 9.90 Å². The summed E-state index contributed by atoms with van der Waals surface area (Å²) < 4.78 is 1.89. The molecule has 2 aliphatic rings. The van der Waals surface area contributed by atoms with E-state index in [1.54, 1.807) is 6.07 Å². The topological polar surface area (TPSA) is 87.4 Å². The molecule has 0 aliphatic carbocycles. The molecule has 2 aromatic heterocycles. The van der Waals surface area contributed by atoms with Gasteiger partial charge in [0.2, 0.25) is 0 Å². The minimum absolute atomic E-state index is 0.128. The molecule has 4 heterocycles. The summed E-state index contributed by atoms with van der Waals surface area (Å²) in [5, 5.41) is 15.0. The molecule has 2 atom stereocenters. The first-order valence-electron chi connectivity index (χ1n) is 11.7. The Morgan fingerprint density at radius 1 is 1.24 bits per heavy atom. The van der Waals surface area contributed by atoms with Crippen LogP contribution in [0.1, 0.15) is 37.1 Å². The lowest BCUT2D eigenvalue weighted by Gasteiger charge is -2.46. The summed E-state index contributed by atoms with van der Waals surface area (Å²) in [5.41, 5.74) is 3.28. The van der Waals surface area contributed by atoms with Gasteiger partial charge in [-0.05, 0) is 62.8 Å². The number of halogens is 2. The number of fused-ring (bicyclic) bond motifs is 1. The number of piperidine rings is 1. The first kappa shape index (κ1) is 23.3. The highest BCUT2D eigenvalue weighted by atomic mass is 35.5. The smallest absolute Gasteiger partial charge is 0.317 e. The lowest BCUT2D eigenvalue weighted by atomic mass is 9.80. The number of carbonyl (C=O) groups is 1. The standard InChI is InChI=1S/C24H28Cl2N6O2/c1-14-23-24(32(29-14)15(2)19-6-5-18(25)8-20(19)26)28-21(9-27-23)31-11-17(12-31)16-4-3-7-30(10-16)13-22(33)34/h5-6,8-9,15-17H,3-4,7,10-13H2,1-2H3,(H,33,34)/t15?,16-/m0/s1. The molecule has 10 heteroatoms. The molecule has 180 valence electrons. The Balaban J connectivity index is 1.33. The van der Waals surface area contributed by atoms with E-state index in [1.807, 2.05) is 36.9 Å². The fourth-order valence-electron chi connectivity index (χ4n) is 5.24. The van der Waals surface area contributed by atoms with E-state index in [0.29, 0.717) is 21.9 Å². The Kier molecular flexibility index (Phi) is 6.39. The zero-order valence-electron chi connectivity index (χ0n) is 19.3. The van der Waals surface area contributed by atoms with Crippen molar-refractivity contribution >= 4 is 46.2 Å². The van der Waals surface area contributed by atoms with Gasteiger partial charge in [0.15, 0.2) is 5.65 Å². The van der Waals surface area contributed by atoms with Crippen LogP contribution >= 0.6 is 23.2 Å². The molecule has 34 heavy (non-hydrogen) atoms. The largest absolute Gasteiger partial charge is 0.480 e. The van der Waals surface area contributed by atoms with Crippen LogP contribution in [0, 0.1) is 18.8 Å². The van der Waals surface area contributed by atoms with Gasteiger partial charge in [0.1, 0.15) is 11.3 Å². The van der Waals surface area contributed by atoms with E-state index in [4.69, 9.17) is 38.4 Å². The van der Waals surface area contributed by atoms with Crippen molar-refractivity contribution in [2.45, 2.75) is 32.7 Å². The number of rotatable bonds is 6. The number of aliphatic carboxylic acids is 1. The molecular weight excluding hydrogens is 475 g/mol. The first-order valence-corrected chi connectivity index (χ1v) is 12.4. The average Bonchev–Trinajstić information content (AvgIpc) is 3.08. The second-order valence-electron chi connectivity index (χ2n) is 9.47. The summed E-state index contributed by atoms with van der Waals surface area (Å²) in [6.07, 6.45) is 4.05. The van der Waals surface area contributed by atoms with E-state index in [9.17, 15) is 4.79 Å². The molecule has 1 unspecified atom stereocenters. The van der Waals surface area contributed by atoms with Gasteiger partial charge in [-0.1, -0.05) is 29.3 Å². The molecule has 0 radical (unpaired) electrons. The van der Waals surface area contributed by atoms with Gasteiger partial charge in [-0.3, -0.25) is 9.69 Å². The maximum absolute atomic E-state index is 11.1. The van der Waals surface area contributed by atoms with Crippen LogP contribution in [0.25, 0.3) is 11.2 Å². The Morgan fingerprint density at radius 3 is 2.76 bits per heavy atom. The number of hydrogen-bond acceptors (Lipinski definition) is 6. The molecular formula is C24H28Cl2N6O2. The Labute approximate surface area is 208 Å². The molecule has 3 aromatic rings. The molecule has 1 N–H and O–H groups in total. The van der Waals surface area contributed by atoms with Crippen molar-refractivity contribution in [2.75, 3.05) is 37.6 Å². The van der Waals surface area contributed by atoms with Crippen LogP contribution in [-0.2, 0) is 4.79 Å². The zero-order chi connectivity index (χ0) is 24.0. The Bertz CT molecular complexity index is 1230. The molecule has 1 aromatic carbocycles. The monoisotopic (exact) mass is 502 g/mol. The van der Waals surface area contributed by atoms with Crippen LogP contribution in [0.3, 0.4) is 0 Å². The molecule has 2 aliphatic heterocycles. The minimum Gasteiger partial charge on any atom is -0.480 e. The lowest BCUT2D eigenvalue weighted by molar-refractivity contribution is -0.138. The van der Waals surface area contributed by atoms with Gasteiger partial charge in [-0.15, -0.1) is 0 Å². The fourth-order valence-corrected chi connectivity index (χ4v) is 5.81. The Hall–Kier alpha value is -2.42. The lowest BCUT2D eigenvalue weighted by Crippen LogP contribution is -2.54. The molecule has 0 bridgehead atoms. The number of benzene rings is 1. The fraction of sp³-hybridized carbons (Fsp3) is 0.500. The zero-order valence-corrected chi connectivity index (χ0v) is 20.8. The minimum atomic E-state index is -0.750. The van der Waals surface area contributed by atoms with Gasteiger partial charge in [0.05, 0.1) is 24.5 Å². The number of anilines is 1. The van der Waals surface area contributed by atoms with Gasteiger partial charge in [-0.25, -0.2) is 14.6 Å². The quantitative estimate of drug-likeness (QED) is 0.537. The van der Waals surface area contributed by atoms with Gasteiger partial charge < -0.3 is 10.0 Å². The van der Waals surface area contributed by atoms with Gasteiger partial charge >= 0.3 is 5.97 Å². The molecule has 0 spiro atoms. The number of carboxylic acid groups (broad SMARTS) is 1. The summed E-state index contributed by atoms with van der Waals surface area (Å²) in [6.45, 7) is 7.68. The van der Waals surface area contributed by atoms with Crippen molar-refractivity contribution in [3.63, 3.8) is 0 Å². The van der Waals surface area contributed by atoms with E-state index in [2.05, 4.69) is 14.8 Å². The van der Waals surface area contributed by atoms with E-state index in [1.165, 1.54) is 0 Å². The maximum atomic E-state index is 11.1. The summed E-state index contributed by atoms with van der Waals surface area (Å²) in [7, 11) is 0. The highest BCUT2D eigenvalue weighted by molar-refractivity contribution is 6.35. The second kappa shape index (κ2) is 9.32. The SMILES string of the molecule is Cc1nn(C(C)c2ccc(Cl)cc2Cl)c2nc(N3CC([C@H]4CCCN(CC(=O)O)C4)C3)cnc12. The van der Waals surface area contributed by atoms with E-state index in [-0.39, 0.29) is 12.6 Å². The molecule has 8 nitrogen and oxygen atoms in total.